The van der Waals surface area contributed by atoms with Gasteiger partial charge in [-0.15, -0.1) is 0 Å². The van der Waals surface area contributed by atoms with E-state index in [0.717, 1.165) is 11.3 Å². The monoisotopic (exact) mass is 183 g/mol. The van der Waals surface area contributed by atoms with Gasteiger partial charge in [-0.2, -0.15) is 0 Å². The number of benzene rings is 1. The number of aliphatic imine (C=N–C) groups is 1. The van der Waals surface area contributed by atoms with Crippen molar-refractivity contribution in [2.75, 3.05) is 0 Å². The second-order valence-corrected chi connectivity index (χ2v) is 2.66. The first kappa shape index (κ1) is 10.2. The van der Waals surface area contributed by atoms with E-state index in [1.54, 1.807) is 24.4 Å². The summed E-state index contributed by atoms with van der Waals surface area (Å²) in [6.45, 7) is 7.30. The number of nitrogens with zero attached hydrogens (tertiary/aromatic N) is 1. The average molecular weight is 183 g/mol. The van der Waals surface area contributed by atoms with Crippen LogP contribution in [0.4, 0.5) is 0 Å². The van der Waals surface area contributed by atoms with E-state index >= 15 is 0 Å². The molecule has 1 rings (SSSR count). The summed E-state index contributed by atoms with van der Waals surface area (Å²) >= 11 is 0. The highest BCUT2D eigenvalue weighted by atomic mass is 14.7. The molecular formula is C13H13N. The van der Waals surface area contributed by atoms with Gasteiger partial charge in [0.2, 0.25) is 0 Å². The van der Waals surface area contributed by atoms with Crippen molar-refractivity contribution in [1.29, 1.82) is 0 Å². The summed E-state index contributed by atoms with van der Waals surface area (Å²) in [5.74, 6) is 0. The number of hydrogen-bond donors (Lipinski definition) is 0. The first-order valence-electron chi connectivity index (χ1n) is 4.41. The molecule has 70 valence electrons. The fraction of sp³-hybridized carbons (Fsp3) is 0. The van der Waals surface area contributed by atoms with Crippen LogP contribution < -0.4 is 0 Å². The average Bonchev–Trinajstić information content (AvgIpc) is 2.26. The smallest absolute Gasteiger partial charge is 0.0696 e. The lowest BCUT2D eigenvalue weighted by Gasteiger charge is -1.97. The van der Waals surface area contributed by atoms with Crippen LogP contribution in [0, 0.1) is 0 Å². The molecule has 0 aliphatic rings. The van der Waals surface area contributed by atoms with E-state index in [9.17, 15) is 0 Å². The van der Waals surface area contributed by atoms with E-state index in [4.69, 9.17) is 0 Å². The van der Waals surface area contributed by atoms with Gasteiger partial charge in [0.25, 0.3) is 0 Å². The predicted octanol–water partition coefficient (Wildman–Crippen LogP) is 3.36. The maximum atomic E-state index is 4.25. The summed E-state index contributed by atoms with van der Waals surface area (Å²) in [7, 11) is 0. The molecule has 0 unspecified atom stereocenters. The molecule has 0 radical (unpaired) electrons. The van der Waals surface area contributed by atoms with Crippen LogP contribution in [0.1, 0.15) is 5.56 Å². The zero-order valence-corrected chi connectivity index (χ0v) is 8.06. The molecule has 0 aliphatic carbocycles. The molecule has 0 aliphatic heterocycles. The first-order valence-corrected chi connectivity index (χ1v) is 4.41. The molecule has 0 bridgehead atoms. The fourth-order valence-corrected chi connectivity index (χ4v) is 1.04. The van der Waals surface area contributed by atoms with Crippen LogP contribution in [0.2, 0.25) is 0 Å². The molecule has 0 saturated heterocycles. The third-order valence-corrected chi connectivity index (χ3v) is 1.70. The van der Waals surface area contributed by atoms with Crippen molar-refractivity contribution >= 4 is 5.71 Å². The maximum Gasteiger partial charge on any atom is 0.0696 e. The summed E-state index contributed by atoms with van der Waals surface area (Å²) in [6.07, 6.45) is 6.92. The van der Waals surface area contributed by atoms with Gasteiger partial charge in [-0.05, 0) is 12.2 Å². The molecular weight excluding hydrogens is 170 g/mol. The van der Waals surface area contributed by atoms with E-state index in [1.807, 2.05) is 30.3 Å². The van der Waals surface area contributed by atoms with Gasteiger partial charge in [0.1, 0.15) is 0 Å². The zero-order valence-electron chi connectivity index (χ0n) is 8.06. The van der Waals surface area contributed by atoms with Gasteiger partial charge in [-0.1, -0.05) is 49.6 Å². The van der Waals surface area contributed by atoms with Crippen LogP contribution in [0.5, 0.6) is 0 Å². The van der Waals surface area contributed by atoms with Crippen LogP contribution in [0.3, 0.4) is 0 Å². The van der Waals surface area contributed by atoms with Crippen molar-refractivity contribution in [3.05, 3.63) is 73.5 Å². The first-order chi connectivity index (χ1) is 6.88. The lowest BCUT2D eigenvalue weighted by Crippen LogP contribution is -1.93. The normalized spacial score (nSPS) is 11.6. The Hall–Kier alpha value is -1.89. The Morgan fingerprint density at radius 1 is 1.14 bits per heavy atom. The van der Waals surface area contributed by atoms with E-state index < -0.39 is 0 Å². The Kier molecular flexibility index (Phi) is 4.15. The van der Waals surface area contributed by atoms with E-state index in [2.05, 4.69) is 18.2 Å². The van der Waals surface area contributed by atoms with Crippen molar-refractivity contribution in [3.8, 4) is 0 Å². The minimum Gasteiger partial charge on any atom is -0.256 e. The molecule has 14 heavy (non-hydrogen) atoms. The van der Waals surface area contributed by atoms with Crippen molar-refractivity contribution in [3.63, 3.8) is 0 Å². The molecule has 0 heterocycles. The Bertz CT molecular complexity index is 358. The van der Waals surface area contributed by atoms with Gasteiger partial charge in [0.05, 0.1) is 5.71 Å². The van der Waals surface area contributed by atoms with E-state index in [0.29, 0.717) is 0 Å². The third kappa shape index (κ3) is 2.87. The Morgan fingerprint density at radius 2 is 1.86 bits per heavy atom. The summed E-state index contributed by atoms with van der Waals surface area (Å²) in [5, 5.41) is 0. The van der Waals surface area contributed by atoms with Crippen LogP contribution in [-0.4, -0.2) is 5.71 Å². The van der Waals surface area contributed by atoms with E-state index in [1.165, 1.54) is 0 Å². The van der Waals surface area contributed by atoms with Gasteiger partial charge in [0.15, 0.2) is 0 Å². The molecule has 0 saturated carbocycles. The van der Waals surface area contributed by atoms with Gasteiger partial charge in [-0.3, -0.25) is 4.99 Å². The number of allylic oxidation sites excluding steroid dienone is 3. The van der Waals surface area contributed by atoms with Crippen molar-refractivity contribution < 1.29 is 0 Å². The Morgan fingerprint density at radius 3 is 2.43 bits per heavy atom. The molecule has 0 N–H and O–H groups in total. The summed E-state index contributed by atoms with van der Waals surface area (Å²) in [5.41, 5.74) is 1.93. The van der Waals surface area contributed by atoms with E-state index in [-0.39, 0.29) is 0 Å². The minimum absolute atomic E-state index is 0.865. The summed E-state index contributed by atoms with van der Waals surface area (Å²) < 4.78 is 0. The van der Waals surface area contributed by atoms with Crippen LogP contribution in [0.15, 0.2) is 72.9 Å². The third-order valence-electron chi connectivity index (χ3n) is 1.70. The van der Waals surface area contributed by atoms with Gasteiger partial charge >= 0.3 is 0 Å². The van der Waals surface area contributed by atoms with Gasteiger partial charge in [0, 0.05) is 11.8 Å². The highest BCUT2D eigenvalue weighted by molar-refractivity contribution is 6.08. The quantitative estimate of drug-likeness (QED) is 0.501. The van der Waals surface area contributed by atoms with Crippen LogP contribution in [-0.2, 0) is 0 Å². The standard InChI is InChI=1S/C13H13N/c1-3-5-11-14-13(4-2)12-9-7-6-8-10-12/h3-11H,1-2H2/b11-5-,14-13+. The highest BCUT2D eigenvalue weighted by Crippen LogP contribution is 2.02. The number of hydrogen-bond acceptors (Lipinski definition) is 1. The largest absolute Gasteiger partial charge is 0.256 e. The minimum atomic E-state index is 0.865. The second kappa shape index (κ2) is 5.70. The second-order valence-electron chi connectivity index (χ2n) is 2.66. The van der Waals surface area contributed by atoms with Crippen molar-refractivity contribution in [2.45, 2.75) is 0 Å². The topological polar surface area (TPSA) is 12.4 Å². The Labute approximate surface area is 84.8 Å². The molecule has 0 fully saturated rings. The molecule has 1 aromatic carbocycles. The van der Waals surface area contributed by atoms with Crippen molar-refractivity contribution in [1.82, 2.24) is 0 Å². The van der Waals surface area contributed by atoms with Crippen LogP contribution >= 0.6 is 0 Å². The summed E-state index contributed by atoms with van der Waals surface area (Å²) in [6, 6.07) is 9.94. The number of rotatable bonds is 4. The molecule has 1 nitrogen and oxygen atoms in total. The SMILES string of the molecule is C=C/C=C\N=C(/C=C)c1ccccc1. The lowest BCUT2D eigenvalue weighted by molar-refractivity contribution is 1.53. The molecule has 0 atom stereocenters. The zero-order chi connectivity index (χ0) is 10.2. The van der Waals surface area contributed by atoms with Gasteiger partial charge < -0.3 is 0 Å². The maximum absolute atomic E-state index is 4.25. The predicted molar refractivity (Wildman–Crippen MR) is 62.5 cm³/mol. The highest BCUT2D eigenvalue weighted by Gasteiger charge is 1.94. The lowest BCUT2D eigenvalue weighted by atomic mass is 10.1. The fourth-order valence-electron chi connectivity index (χ4n) is 1.04. The summed E-state index contributed by atoms with van der Waals surface area (Å²) in [4.78, 5) is 4.25. The molecule has 0 spiro atoms. The molecule has 0 aromatic heterocycles. The Balaban J connectivity index is 2.93. The van der Waals surface area contributed by atoms with Crippen molar-refractivity contribution in [2.24, 2.45) is 4.99 Å². The molecule has 0 amide bonds. The molecule has 1 aromatic rings. The van der Waals surface area contributed by atoms with Crippen LogP contribution in [0.25, 0.3) is 0 Å². The molecule has 1 heteroatoms. The van der Waals surface area contributed by atoms with Gasteiger partial charge in [-0.25, -0.2) is 0 Å².